The summed E-state index contributed by atoms with van der Waals surface area (Å²) in [6.45, 7) is -0.707. The molecule has 0 saturated heterocycles. The first kappa shape index (κ1) is 27.2. The second-order valence-electron chi connectivity index (χ2n) is 6.18. The summed E-state index contributed by atoms with van der Waals surface area (Å²) in [5.41, 5.74) is 0. The topological polar surface area (TPSA) is 40.5 Å². The van der Waals surface area contributed by atoms with E-state index < -0.39 is 69.4 Å². The van der Waals surface area contributed by atoms with Gasteiger partial charge in [-0.15, -0.1) is 0 Å². The minimum Gasteiger partial charge on any atom is -0.411 e. The molecule has 0 aliphatic carbocycles. The van der Waals surface area contributed by atoms with E-state index in [-0.39, 0.29) is 0 Å². The van der Waals surface area contributed by atoms with E-state index in [4.69, 9.17) is 9.59 Å². The van der Waals surface area contributed by atoms with Crippen molar-refractivity contribution in [3.8, 4) is 0 Å². The number of rotatable bonds is 9. The lowest BCUT2D eigenvalue weighted by molar-refractivity contribution is -0.440. The van der Waals surface area contributed by atoms with Gasteiger partial charge in [0.15, 0.2) is 0 Å². The highest BCUT2D eigenvalue weighted by Gasteiger charge is 2.92. The lowest BCUT2D eigenvalue weighted by Gasteiger charge is -2.42. The molecule has 0 heterocycles. The first-order valence-corrected chi connectivity index (χ1v) is 9.40. The molecule has 2 nitrogen and oxygen atoms in total. The van der Waals surface area contributed by atoms with Crippen LogP contribution in [0.2, 0.25) is 12.6 Å². The third-order valence-corrected chi connectivity index (χ3v) is 4.70. The van der Waals surface area contributed by atoms with Crippen LogP contribution in [0.15, 0.2) is 0 Å². The summed E-state index contributed by atoms with van der Waals surface area (Å²) in [6.07, 6.45) is -2.65. The number of hydrogen-bond acceptors (Lipinski definition) is 2. The molecule has 0 fully saturated rings. The maximum atomic E-state index is 13.4. The molecule has 17 heteroatoms. The molecule has 0 radical (unpaired) electrons. The summed E-state index contributed by atoms with van der Waals surface area (Å²) >= 11 is 0. The monoisotopic (exact) mass is 470 g/mol. The maximum Gasteiger partial charge on any atom is 0.384 e. The van der Waals surface area contributed by atoms with Crippen LogP contribution < -0.4 is 0 Å². The van der Waals surface area contributed by atoms with Crippen LogP contribution in [0.4, 0.5) is 61.5 Å². The Hall–Kier alpha value is -0.843. The van der Waals surface area contributed by atoms with E-state index in [1.165, 1.54) is 0 Å². The van der Waals surface area contributed by atoms with Crippen molar-refractivity contribution in [3.05, 3.63) is 0 Å². The van der Waals surface area contributed by atoms with Crippen LogP contribution in [-0.4, -0.2) is 59.6 Å². The van der Waals surface area contributed by atoms with E-state index in [2.05, 4.69) is 0 Å². The van der Waals surface area contributed by atoms with Gasteiger partial charge in [0.2, 0.25) is 0 Å². The average Bonchev–Trinajstić information content (AvgIpc) is 2.42. The van der Waals surface area contributed by atoms with Crippen LogP contribution in [0.3, 0.4) is 0 Å². The Morgan fingerprint density at radius 2 is 0.857 bits per heavy atom. The van der Waals surface area contributed by atoms with Crippen LogP contribution in [0.5, 0.6) is 0 Å². The quantitative estimate of drug-likeness (QED) is 0.372. The van der Waals surface area contributed by atoms with Crippen molar-refractivity contribution in [2.24, 2.45) is 0 Å². The molecule has 28 heavy (non-hydrogen) atoms. The molecule has 0 aliphatic heterocycles. The van der Waals surface area contributed by atoms with Crippen molar-refractivity contribution in [2.75, 3.05) is 0 Å². The minimum absolute atomic E-state index is 0.409. The molecule has 0 unspecified atom stereocenters. The number of hydrogen-bond donors (Lipinski definition) is 2. The fourth-order valence-electron chi connectivity index (χ4n) is 1.65. The van der Waals surface area contributed by atoms with Gasteiger partial charge in [-0.05, 0) is 12.6 Å². The zero-order chi connectivity index (χ0) is 23.4. The van der Waals surface area contributed by atoms with Gasteiger partial charge >= 0.3 is 50.0 Å². The van der Waals surface area contributed by atoms with Crippen molar-refractivity contribution in [3.63, 3.8) is 0 Å². The van der Waals surface area contributed by atoms with Crippen LogP contribution in [-0.2, 0) is 0 Å². The lowest BCUT2D eigenvalue weighted by atomic mass is 9.89. The van der Waals surface area contributed by atoms with E-state index in [9.17, 15) is 61.5 Å². The largest absolute Gasteiger partial charge is 0.411 e. The Kier molecular flexibility index (Phi) is 6.64. The molecule has 0 aliphatic rings. The van der Waals surface area contributed by atoms with Crippen LogP contribution in [0, 0.1) is 0 Å². The van der Waals surface area contributed by atoms with Crippen LogP contribution in [0.25, 0.3) is 0 Å². The van der Waals surface area contributed by atoms with E-state index in [1.807, 2.05) is 0 Å². The van der Waals surface area contributed by atoms with E-state index in [0.29, 0.717) is 6.55 Å². The van der Waals surface area contributed by atoms with Crippen molar-refractivity contribution in [1.82, 2.24) is 0 Å². The van der Waals surface area contributed by atoms with Gasteiger partial charge in [0.05, 0.1) is 0 Å². The molecule has 0 aromatic heterocycles. The molecular formula is C11H12F14O2Si. The molecule has 0 aromatic carbocycles. The van der Waals surface area contributed by atoms with Crippen molar-refractivity contribution < 1.29 is 71.1 Å². The van der Waals surface area contributed by atoms with E-state index in [1.54, 1.807) is 0 Å². The SMILES string of the molecule is CC(F)(F)C(F)(F)C(F)(F)C(F)(F)C(F)(F)C(F)(F)C(F)(F)CC[Si](C)(O)O. The van der Waals surface area contributed by atoms with Crippen molar-refractivity contribution >= 4 is 8.56 Å². The Labute approximate surface area is 148 Å². The Balaban J connectivity index is 6.32. The second kappa shape index (κ2) is 6.85. The third-order valence-electron chi connectivity index (χ3n) is 3.50. The molecule has 0 bridgehead atoms. The zero-order valence-electron chi connectivity index (χ0n) is 13.6. The summed E-state index contributed by atoms with van der Waals surface area (Å²) in [4.78, 5) is 17.6. The van der Waals surface area contributed by atoms with Gasteiger partial charge in [-0.1, -0.05) is 0 Å². The van der Waals surface area contributed by atoms with Crippen molar-refractivity contribution in [2.45, 2.75) is 67.4 Å². The molecule has 0 aromatic rings. The molecule has 2 N–H and O–H groups in total. The summed E-state index contributed by atoms with van der Waals surface area (Å²) in [7, 11) is -4.66. The zero-order valence-corrected chi connectivity index (χ0v) is 14.6. The van der Waals surface area contributed by atoms with Gasteiger partial charge in [-0.2, -0.15) is 61.5 Å². The normalized spacial score (nSPS) is 16.5. The van der Waals surface area contributed by atoms with Gasteiger partial charge in [0.1, 0.15) is 0 Å². The van der Waals surface area contributed by atoms with E-state index in [0.717, 1.165) is 0 Å². The summed E-state index contributed by atoms with van der Waals surface area (Å²) in [5, 5.41) is 0. The number of alkyl halides is 14. The van der Waals surface area contributed by atoms with Crippen LogP contribution >= 0.6 is 0 Å². The second-order valence-corrected chi connectivity index (χ2v) is 9.12. The van der Waals surface area contributed by atoms with E-state index >= 15 is 0 Å². The highest BCUT2D eigenvalue weighted by molar-refractivity contribution is 6.63. The minimum atomic E-state index is -8.09. The van der Waals surface area contributed by atoms with Gasteiger partial charge in [0, 0.05) is 13.3 Å². The third kappa shape index (κ3) is 4.06. The van der Waals surface area contributed by atoms with Gasteiger partial charge in [0.25, 0.3) is 0 Å². The van der Waals surface area contributed by atoms with Gasteiger partial charge < -0.3 is 9.59 Å². The summed E-state index contributed by atoms with van der Waals surface area (Å²) in [5.74, 6) is -51.3. The maximum absolute atomic E-state index is 13.4. The number of halogens is 14. The summed E-state index contributed by atoms with van der Waals surface area (Å²) in [6, 6.07) is -1.74. The molecule has 0 rings (SSSR count). The first-order chi connectivity index (χ1) is 11.7. The Bertz CT molecular complexity index is 563. The molecule has 0 spiro atoms. The molecule has 170 valence electrons. The Morgan fingerprint density at radius 1 is 0.571 bits per heavy atom. The molecule has 0 saturated carbocycles. The predicted molar refractivity (Wildman–Crippen MR) is 65.8 cm³/mol. The highest BCUT2D eigenvalue weighted by atomic mass is 28.4. The molecule has 0 atom stereocenters. The first-order valence-electron chi connectivity index (χ1n) is 6.80. The van der Waals surface area contributed by atoms with Gasteiger partial charge in [-0.3, -0.25) is 0 Å². The fourth-order valence-corrected chi connectivity index (χ4v) is 2.44. The van der Waals surface area contributed by atoms with Crippen LogP contribution in [0.1, 0.15) is 13.3 Å². The molecule has 0 amide bonds. The fraction of sp³-hybridized carbons (Fsp3) is 1.00. The Morgan fingerprint density at radius 3 is 1.14 bits per heavy atom. The highest BCUT2D eigenvalue weighted by Crippen LogP contribution is 2.62. The van der Waals surface area contributed by atoms with Gasteiger partial charge in [-0.25, -0.2) is 0 Å². The smallest absolute Gasteiger partial charge is 0.384 e. The lowest BCUT2D eigenvalue weighted by Crippen LogP contribution is -2.72. The predicted octanol–water partition coefficient (Wildman–Crippen LogP) is 4.90. The average molecular weight is 470 g/mol. The summed E-state index contributed by atoms with van der Waals surface area (Å²) < 4.78 is 184. The molecular weight excluding hydrogens is 458 g/mol. The standard InChI is InChI=1S/C11H12F14O2Si/c1-5(12,13)7(16,17)9(20,21)11(24,25)10(22,23)8(18,19)6(14,15)3-4-28(2,26)27/h26-27H,3-4H2,1-2H3. The van der Waals surface area contributed by atoms with Crippen molar-refractivity contribution in [1.29, 1.82) is 0 Å².